The largest absolute Gasteiger partial charge is 0.477 e. The second-order valence-electron chi connectivity index (χ2n) is 14.5. The highest BCUT2D eigenvalue weighted by molar-refractivity contribution is 5.72. The molecular weight excluding hydrogens is 666 g/mol. The molecule has 0 aliphatic heterocycles. The van der Waals surface area contributed by atoms with Crippen LogP contribution in [-0.2, 0) is 28.6 Å². The summed E-state index contributed by atoms with van der Waals surface area (Å²) in [6.07, 6.45) is 44.0. The van der Waals surface area contributed by atoms with Crippen LogP contribution in [0.25, 0.3) is 0 Å². The Labute approximate surface area is 323 Å². The monoisotopic (exact) mass is 743 g/mol. The average molecular weight is 743 g/mol. The van der Waals surface area contributed by atoms with E-state index in [0.29, 0.717) is 19.3 Å². The number of aliphatic carboxylic acids is 1. The van der Waals surface area contributed by atoms with Crippen LogP contribution in [0.5, 0.6) is 0 Å². The van der Waals surface area contributed by atoms with Gasteiger partial charge in [-0.25, -0.2) is 4.79 Å². The summed E-state index contributed by atoms with van der Waals surface area (Å²) in [5.41, 5.74) is 0. The molecule has 302 valence electrons. The third-order valence-corrected chi connectivity index (χ3v) is 8.59. The van der Waals surface area contributed by atoms with Gasteiger partial charge >= 0.3 is 17.9 Å². The number of carboxylic acids is 1. The summed E-state index contributed by atoms with van der Waals surface area (Å²) in [6.45, 7) is 4.54. The lowest BCUT2D eigenvalue weighted by molar-refractivity contribution is -0.887. The molecule has 0 spiro atoms. The maximum absolute atomic E-state index is 12.7. The van der Waals surface area contributed by atoms with Gasteiger partial charge in [0.25, 0.3) is 0 Å². The molecule has 0 bridgehead atoms. The highest BCUT2D eigenvalue weighted by atomic mass is 16.6. The topological polar surface area (TPSA) is 99.1 Å². The van der Waals surface area contributed by atoms with Crippen LogP contribution in [0.1, 0.15) is 142 Å². The number of hydrogen-bond acceptors (Lipinski definition) is 6. The SMILES string of the molecule is CCCCC/C=C/C/C=C/C/C=C/C/C=C/C/C=C/CCCCC(=O)OC(COCCC(C(=O)O)[N+](C)(C)C)COC(=O)CC/C=C/CCCCCC. The van der Waals surface area contributed by atoms with Crippen LogP contribution < -0.4 is 0 Å². The zero-order valence-electron chi connectivity index (χ0n) is 34.2. The average Bonchev–Trinajstić information content (AvgIpc) is 3.11. The van der Waals surface area contributed by atoms with Crippen molar-refractivity contribution in [1.29, 1.82) is 0 Å². The molecule has 0 amide bonds. The smallest absolute Gasteiger partial charge is 0.362 e. The number of carboxylic acid groups (broad SMARTS) is 1. The minimum Gasteiger partial charge on any atom is -0.477 e. The van der Waals surface area contributed by atoms with E-state index in [-0.39, 0.29) is 49.1 Å². The van der Waals surface area contributed by atoms with Crippen LogP contribution >= 0.6 is 0 Å². The Morgan fingerprint density at radius 3 is 1.57 bits per heavy atom. The summed E-state index contributed by atoms with van der Waals surface area (Å²) in [5, 5.41) is 9.58. The third kappa shape index (κ3) is 34.3. The van der Waals surface area contributed by atoms with E-state index in [1.54, 1.807) is 0 Å². The van der Waals surface area contributed by atoms with Gasteiger partial charge in [-0.3, -0.25) is 9.59 Å². The van der Waals surface area contributed by atoms with Crippen molar-refractivity contribution in [3.63, 3.8) is 0 Å². The Kier molecular flexibility index (Phi) is 33.6. The van der Waals surface area contributed by atoms with Gasteiger partial charge in [0.2, 0.25) is 0 Å². The molecule has 0 saturated heterocycles. The Morgan fingerprint density at radius 1 is 0.566 bits per heavy atom. The number of quaternary nitrogens is 1. The molecule has 2 atom stereocenters. The minimum absolute atomic E-state index is 0.0282. The molecule has 1 N–H and O–H groups in total. The van der Waals surface area contributed by atoms with Crippen molar-refractivity contribution >= 4 is 17.9 Å². The van der Waals surface area contributed by atoms with Gasteiger partial charge in [-0.15, -0.1) is 0 Å². The summed E-state index contributed by atoms with van der Waals surface area (Å²) < 4.78 is 17.1. The number of likely N-dealkylation sites (N-methyl/N-ethyl adjacent to an activating group) is 1. The van der Waals surface area contributed by atoms with Gasteiger partial charge in [-0.2, -0.15) is 0 Å². The van der Waals surface area contributed by atoms with Gasteiger partial charge in [0.15, 0.2) is 12.1 Å². The first-order valence-corrected chi connectivity index (χ1v) is 20.5. The van der Waals surface area contributed by atoms with Gasteiger partial charge in [0, 0.05) is 19.3 Å². The standard InChI is InChI=1S/C45H75NO7/c1-6-8-10-12-14-16-17-18-19-20-21-22-23-24-25-26-27-28-30-32-34-36-44(48)53-41(39-51-38-37-42(45(49)50)46(3,4)5)40-52-43(47)35-33-31-29-15-13-11-9-7-2/h14,16,18-19,21-22,24-25,27-29,31,41-42H,6-13,15,17,20,23,26,30,32-40H2,1-5H3/p+1/b16-14+,19-18+,22-21+,25-24+,28-27+,31-29+. The lowest BCUT2D eigenvalue weighted by Crippen LogP contribution is -2.50. The number of nitrogens with zero attached hydrogens (tertiary/aromatic N) is 1. The maximum Gasteiger partial charge on any atom is 0.362 e. The van der Waals surface area contributed by atoms with Crippen LogP contribution in [0.3, 0.4) is 0 Å². The fourth-order valence-corrected chi connectivity index (χ4v) is 5.36. The Balaban J connectivity index is 4.45. The lowest BCUT2D eigenvalue weighted by atomic mass is 10.1. The number of carbonyl (C=O) groups is 3. The summed E-state index contributed by atoms with van der Waals surface area (Å²) in [6, 6.07) is -0.629. The van der Waals surface area contributed by atoms with Crippen LogP contribution in [0, 0.1) is 0 Å². The summed E-state index contributed by atoms with van der Waals surface area (Å²) in [7, 11) is 5.48. The van der Waals surface area contributed by atoms with Gasteiger partial charge in [-0.1, -0.05) is 119 Å². The number of esters is 2. The zero-order chi connectivity index (χ0) is 39.3. The number of hydrogen-bond donors (Lipinski definition) is 1. The molecule has 0 aliphatic carbocycles. The van der Waals surface area contributed by atoms with E-state index in [2.05, 4.69) is 80.7 Å². The van der Waals surface area contributed by atoms with Crippen LogP contribution in [0.4, 0.5) is 0 Å². The molecule has 0 aromatic carbocycles. The summed E-state index contributed by atoms with van der Waals surface area (Å²) >= 11 is 0. The Hall–Kier alpha value is -3.23. The van der Waals surface area contributed by atoms with Crippen molar-refractivity contribution in [3.8, 4) is 0 Å². The van der Waals surface area contributed by atoms with E-state index < -0.39 is 18.1 Å². The van der Waals surface area contributed by atoms with Crippen LogP contribution in [-0.4, -0.2) is 80.6 Å². The summed E-state index contributed by atoms with van der Waals surface area (Å²) in [5.74, 6) is -1.60. The number of ether oxygens (including phenoxy) is 3. The highest BCUT2D eigenvalue weighted by Crippen LogP contribution is 2.11. The Bertz CT molecular complexity index is 1100. The minimum atomic E-state index is -0.890. The van der Waals surface area contributed by atoms with E-state index in [1.165, 1.54) is 44.9 Å². The molecule has 8 nitrogen and oxygen atoms in total. The van der Waals surface area contributed by atoms with Crippen molar-refractivity contribution in [1.82, 2.24) is 0 Å². The number of allylic oxidation sites excluding steroid dienone is 12. The maximum atomic E-state index is 12.7. The van der Waals surface area contributed by atoms with Gasteiger partial charge in [0.05, 0.1) is 34.4 Å². The molecule has 0 saturated carbocycles. The number of unbranched alkanes of at least 4 members (excludes halogenated alkanes) is 9. The zero-order valence-corrected chi connectivity index (χ0v) is 34.2. The quantitative estimate of drug-likeness (QED) is 0.0299. The highest BCUT2D eigenvalue weighted by Gasteiger charge is 2.31. The molecule has 0 aromatic heterocycles. The number of rotatable bonds is 35. The first-order valence-electron chi connectivity index (χ1n) is 20.5. The molecule has 0 aromatic rings. The van der Waals surface area contributed by atoms with E-state index >= 15 is 0 Å². The van der Waals surface area contributed by atoms with E-state index in [0.717, 1.165) is 51.4 Å². The molecule has 0 fully saturated rings. The third-order valence-electron chi connectivity index (χ3n) is 8.59. The molecule has 53 heavy (non-hydrogen) atoms. The van der Waals surface area contributed by atoms with Crippen molar-refractivity contribution in [2.24, 2.45) is 0 Å². The van der Waals surface area contributed by atoms with Gasteiger partial charge in [0.1, 0.15) is 6.61 Å². The molecule has 8 heteroatoms. The van der Waals surface area contributed by atoms with Crippen molar-refractivity contribution in [2.75, 3.05) is 41.0 Å². The molecule has 2 unspecified atom stereocenters. The van der Waals surface area contributed by atoms with Crippen molar-refractivity contribution < 1.29 is 38.2 Å². The van der Waals surface area contributed by atoms with Crippen LogP contribution in [0.2, 0.25) is 0 Å². The molecule has 0 heterocycles. The second-order valence-corrected chi connectivity index (χ2v) is 14.5. The van der Waals surface area contributed by atoms with E-state index in [1.807, 2.05) is 27.2 Å². The molecule has 0 aliphatic rings. The van der Waals surface area contributed by atoms with Crippen molar-refractivity contribution in [2.45, 2.75) is 154 Å². The van der Waals surface area contributed by atoms with E-state index in [9.17, 15) is 19.5 Å². The molecule has 0 rings (SSSR count). The molecule has 0 radical (unpaired) electrons. The normalized spacial score (nSPS) is 13.8. The van der Waals surface area contributed by atoms with Crippen molar-refractivity contribution in [3.05, 3.63) is 72.9 Å². The molecular formula is C45H76NO7+. The summed E-state index contributed by atoms with van der Waals surface area (Å²) in [4.78, 5) is 36.7. The fourth-order valence-electron chi connectivity index (χ4n) is 5.36. The Morgan fingerprint density at radius 2 is 1.04 bits per heavy atom. The fraction of sp³-hybridized carbons (Fsp3) is 0.667. The first kappa shape index (κ1) is 49.8. The van der Waals surface area contributed by atoms with Crippen LogP contribution in [0.15, 0.2) is 72.9 Å². The second kappa shape index (κ2) is 35.8. The van der Waals surface area contributed by atoms with Gasteiger partial charge in [-0.05, 0) is 77.0 Å². The predicted molar refractivity (Wildman–Crippen MR) is 220 cm³/mol. The predicted octanol–water partition coefficient (Wildman–Crippen LogP) is 10.8. The first-order chi connectivity index (χ1) is 25.6. The van der Waals surface area contributed by atoms with E-state index in [4.69, 9.17) is 14.2 Å². The number of carbonyl (C=O) groups excluding carboxylic acids is 2. The lowest BCUT2D eigenvalue weighted by Gasteiger charge is -2.31. The van der Waals surface area contributed by atoms with Gasteiger partial charge < -0.3 is 23.8 Å².